The summed E-state index contributed by atoms with van der Waals surface area (Å²) in [6.45, 7) is 8.41. The topological polar surface area (TPSA) is 95.2 Å². The minimum absolute atomic E-state index is 0.0232. The summed E-state index contributed by atoms with van der Waals surface area (Å²) >= 11 is 7.01. The third-order valence-electron chi connectivity index (χ3n) is 6.28. The van der Waals surface area contributed by atoms with Crippen LogP contribution >= 0.6 is 31.9 Å². The standard InChI is InChI=1S/C27H30Br2N4O5/c1-4-17(3)26-31-22-7-6-19(28)13-20(22)27(35)33(26)30-15-18-12-23(37-5-2)24(14-21(18)29)38-16-25(34)32-8-10-36-11-9-32/h6-7,12-15,17H,4-5,8-11,16H2,1-3H3/t17-/m0/s1. The van der Waals surface area contributed by atoms with Crippen LogP contribution in [0.25, 0.3) is 10.9 Å². The SMILES string of the molecule is CCOc1cc(C=Nn2c([C@@H](C)CC)nc3ccc(Br)cc3c2=O)c(Br)cc1OCC(=O)N1CCOCC1. The maximum absolute atomic E-state index is 13.4. The highest BCUT2D eigenvalue weighted by atomic mass is 79.9. The highest BCUT2D eigenvalue weighted by Gasteiger charge is 2.19. The molecule has 4 rings (SSSR count). The van der Waals surface area contributed by atoms with E-state index < -0.39 is 0 Å². The van der Waals surface area contributed by atoms with E-state index in [9.17, 15) is 9.59 Å². The number of ether oxygens (including phenoxy) is 3. The molecule has 38 heavy (non-hydrogen) atoms. The predicted octanol–water partition coefficient (Wildman–Crippen LogP) is 4.95. The van der Waals surface area contributed by atoms with E-state index in [2.05, 4.69) is 37.0 Å². The summed E-state index contributed by atoms with van der Waals surface area (Å²) in [5.41, 5.74) is 1.06. The Bertz CT molecular complexity index is 1400. The number of carbonyl (C=O) groups is 1. The van der Waals surface area contributed by atoms with Crippen molar-refractivity contribution in [1.82, 2.24) is 14.6 Å². The number of hydrogen-bond donors (Lipinski definition) is 0. The smallest absolute Gasteiger partial charge is 0.282 e. The number of nitrogens with zero attached hydrogens (tertiary/aromatic N) is 4. The van der Waals surface area contributed by atoms with Crippen LogP contribution in [0, 0.1) is 0 Å². The third-order valence-corrected chi connectivity index (χ3v) is 7.46. The Morgan fingerprint density at radius 1 is 1.16 bits per heavy atom. The van der Waals surface area contributed by atoms with Crippen molar-refractivity contribution in [3.05, 3.63) is 61.0 Å². The molecule has 2 heterocycles. The molecule has 1 aliphatic rings. The van der Waals surface area contributed by atoms with Crippen LogP contribution in [0.4, 0.5) is 0 Å². The Morgan fingerprint density at radius 3 is 2.61 bits per heavy atom. The maximum Gasteiger partial charge on any atom is 0.282 e. The Labute approximate surface area is 238 Å². The fourth-order valence-electron chi connectivity index (χ4n) is 3.97. The second-order valence-electron chi connectivity index (χ2n) is 8.84. The molecule has 202 valence electrons. The lowest BCUT2D eigenvalue weighted by Gasteiger charge is -2.26. The lowest BCUT2D eigenvalue weighted by atomic mass is 10.1. The Hall–Kier alpha value is -2.76. The molecule has 1 atom stereocenters. The molecule has 2 aromatic carbocycles. The molecular formula is C27H30Br2N4O5. The van der Waals surface area contributed by atoms with Gasteiger partial charge in [-0.15, -0.1) is 0 Å². The first kappa shape index (κ1) is 28.3. The van der Waals surface area contributed by atoms with E-state index in [1.807, 2.05) is 32.9 Å². The van der Waals surface area contributed by atoms with Gasteiger partial charge in [0.15, 0.2) is 18.1 Å². The summed E-state index contributed by atoms with van der Waals surface area (Å²) in [4.78, 5) is 32.4. The summed E-state index contributed by atoms with van der Waals surface area (Å²) in [6, 6.07) is 8.96. The monoisotopic (exact) mass is 648 g/mol. The zero-order valence-corrected chi connectivity index (χ0v) is 24.7. The zero-order chi connectivity index (χ0) is 27.2. The lowest BCUT2D eigenvalue weighted by Crippen LogP contribution is -2.43. The van der Waals surface area contributed by atoms with Gasteiger partial charge in [-0.3, -0.25) is 9.59 Å². The van der Waals surface area contributed by atoms with Crippen molar-refractivity contribution in [2.24, 2.45) is 5.10 Å². The van der Waals surface area contributed by atoms with Crippen molar-refractivity contribution >= 4 is 54.9 Å². The third kappa shape index (κ3) is 6.44. The second kappa shape index (κ2) is 12.9. The molecule has 11 heteroatoms. The van der Waals surface area contributed by atoms with Gasteiger partial charge in [-0.05, 0) is 59.6 Å². The van der Waals surface area contributed by atoms with Gasteiger partial charge in [0, 0.05) is 33.5 Å². The van der Waals surface area contributed by atoms with Crippen molar-refractivity contribution in [2.45, 2.75) is 33.1 Å². The van der Waals surface area contributed by atoms with Crippen LogP contribution in [0.15, 0.2) is 49.2 Å². The largest absolute Gasteiger partial charge is 0.490 e. The maximum atomic E-state index is 13.4. The molecule has 1 aliphatic heterocycles. The van der Waals surface area contributed by atoms with Crippen molar-refractivity contribution in [3.63, 3.8) is 0 Å². The summed E-state index contributed by atoms with van der Waals surface area (Å²) in [6.07, 6.45) is 2.39. The van der Waals surface area contributed by atoms with E-state index in [-0.39, 0.29) is 24.0 Å². The number of rotatable bonds is 9. The Morgan fingerprint density at radius 2 is 1.89 bits per heavy atom. The van der Waals surface area contributed by atoms with Gasteiger partial charge in [0.05, 0.1) is 36.9 Å². The zero-order valence-electron chi connectivity index (χ0n) is 21.6. The molecule has 1 fully saturated rings. The molecule has 9 nitrogen and oxygen atoms in total. The van der Waals surface area contributed by atoms with E-state index in [1.54, 1.807) is 29.3 Å². The van der Waals surface area contributed by atoms with Crippen LogP contribution in [0.2, 0.25) is 0 Å². The molecule has 0 spiro atoms. The van der Waals surface area contributed by atoms with E-state index >= 15 is 0 Å². The van der Waals surface area contributed by atoms with Crippen LogP contribution in [0.1, 0.15) is 44.5 Å². The number of morpholine rings is 1. The number of carbonyl (C=O) groups excluding carboxylic acids is 1. The number of benzene rings is 2. The van der Waals surface area contributed by atoms with Gasteiger partial charge in [0.1, 0.15) is 5.82 Å². The molecular weight excluding hydrogens is 620 g/mol. The first-order valence-electron chi connectivity index (χ1n) is 12.5. The Balaban J connectivity index is 1.65. The first-order chi connectivity index (χ1) is 18.3. The quantitative estimate of drug-likeness (QED) is 0.305. The minimum atomic E-state index is -0.245. The van der Waals surface area contributed by atoms with Gasteiger partial charge >= 0.3 is 0 Å². The van der Waals surface area contributed by atoms with Crippen LogP contribution < -0.4 is 15.0 Å². The van der Waals surface area contributed by atoms with Crippen LogP contribution in [0.5, 0.6) is 11.5 Å². The number of fused-ring (bicyclic) bond motifs is 1. The fraction of sp³-hybridized carbons (Fsp3) is 0.407. The molecule has 1 saturated heterocycles. The van der Waals surface area contributed by atoms with Crippen molar-refractivity contribution < 1.29 is 19.0 Å². The summed E-state index contributed by atoms with van der Waals surface area (Å²) in [5.74, 6) is 1.42. The van der Waals surface area contributed by atoms with E-state index in [0.29, 0.717) is 71.2 Å². The Kier molecular flexibility index (Phi) is 9.56. The van der Waals surface area contributed by atoms with E-state index in [4.69, 9.17) is 19.2 Å². The minimum Gasteiger partial charge on any atom is -0.490 e. The molecule has 1 aromatic heterocycles. The lowest BCUT2D eigenvalue weighted by molar-refractivity contribution is -0.137. The van der Waals surface area contributed by atoms with Crippen LogP contribution in [-0.2, 0) is 9.53 Å². The van der Waals surface area contributed by atoms with Gasteiger partial charge in [-0.1, -0.05) is 29.8 Å². The van der Waals surface area contributed by atoms with Crippen molar-refractivity contribution in [2.75, 3.05) is 39.5 Å². The van der Waals surface area contributed by atoms with Crippen molar-refractivity contribution in [1.29, 1.82) is 0 Å². The highest BCUT2D eigenvalue weighted by Crippen LogP contribution is 2.33. The number of aromatic nitrogens is 2. The molecule has 0 radical (unpaired) electrons. The fourth-order valence-corrected chi connectivity index (χ4v) is 4.76. The normalized spacial score (nSPS) is 14.7. The molecule has 0 unspecified atom stereocenters. The number of halogens is 2. The van der Waals surface area contributed by atoms with E-state index in [1.165, 1.54) is 4.68 Å². The van der Waals surface area contributed by atoms with Crippen molar-refractivity contribution in [3.8, 4) is 11.5 Å². The molecule has 0 aliphatic carbocycles. The molecule has 0 N–H and O–H groups in total. The van der Waals surface area contributed by atoms with Crippen LogP contribution in [0.3, 0.4) is 0 Å². The molecule has 0 saturated carbocycles. The van der Waals surface area contributed by atoms with Gasteiger partial charge < -0.3 is 19.1 Å². The predicted molar refractivity (Wildman–Crippen MR) is 154 cm³/mol. The van der Waals surface area contributed by atoms with E-state index in [0.717, 1.165) is 10.9 Å². The highest BCUT2D eigenvalue weighted by molar-refractivity contribution is 9.10. The summed E-state index contributed by atoms with van der Waals surface area (Å²) < 4.78 is 19.8. The van der Waals surface area contributed by atoms with Gasteiger partial charge in [-0.25, -0.2) is 4.98 Å². The average molecular weight is 650 g/mol. The summed E-state index contributed by atoms with van der Waals surface area (Å²) in [5, 5.41) is 5.03. The van der Waals surface area contributed by atoms with Gasteiger partial charge in [-0.2, -0.15) is 9.78 Å². The first-order valence-corrected chi connectivity index (χ1v) is 14.1. The van der Waals surface area contributed by atoms with Crippen LogP contribution in [-0.4, -0.2) is 66.2 Å². The molecule has 0 bridgehead atoms. The number of amides is 1. The van der Waals surface area contributed by atoms with Gasteiger partial charge in [0.25, 0.3) is 11.5 Å². The summed E-state index contributed by atoms with van der Waals surface area (Å²) in [7, 11) is 0. The van der Waals surface area contributed by atoms with Gasteiger partial charge in [0.2, 0.25) is 0 Å². The average Bonchev–Trinajstić information content (AvgIpc) is 2.93. The number of hydrogen-bond acceptors (Lipinski definition) is 7. The molecule has 1 amide bonds. The molecule has 3 aromatic rings. The second-order valence-corrected chi connectivity index (χ2v) is 10.6.